The molecule has 2 rings (SSSR count). The fourth-order valence-electron chi connectivity index (χ4n) is 1.62. The van der Waals surface area contributed by atoms with Crippen molar-refractivity contribution in [1.82, 2.24) is 0 Å². The van der Waals surface area contributed by atoms with Crippen LogP contribution in [0.4, 0.5) is 0 Å². The normalized spacial score (nSPS) is 10.4. The number of benzene rings is 2. The van der Waals surface area contributed by atoms with Crippen LogP contribution in [-0.2, 0) is 6.42 Å². The van der Waals surface area contributed by atoms with Gasteiger partial charge in [-0.05, 0) is 54.9 Å². The van der Waals surface area contributed by atoms with E-state index in [1.165, 1.54) is 0 Å². The van der Waals surface area contributed by atoms with E-state index in [9.17, 15) is 0 Å². The average molecular weight is 282 g/mol. The molecule has 0 aliphatic carbocycles. The maximum absolute atomic E-state index is 5.98. The minimum atomic E-state index is 0.568. The summed E-state index contributed by atoms with van der Waals surface area (Å²) in [6.07, 6.45) is 0.750. The molecule has 0 fully saturated rings. The molecule has 0 saturated carbocycles. The molecule has 0 aliphatic rings. The molecule has 0 saturated heterocycles. The number of ether oxygens (including phenoxy) is 1. The first-order chi connectivity index (χ1) is 8.69. The smallest absolute Gasteiger partial charge is 0.132 e. The van der Waals surface area contributed by atoms with Gasteiger partial charge in [0.2, 0.25) is 0 Å². The van der Waals surface area contributed by atoms with Crippen molar-refractivity contribution in [2.45, 2.75) is 6.42 Å². The number of hydrogen-bond acceptors (Lipinski definition) is 2. The average Bonchev–Trinajstić information content (AvgIpc) is 2.36. The highest BCUT2D eigenvalue weighted by molar-refractivity contribution is 6.31. The van der Waals surface area contributed by atoms with Gasteiger partial charge in [-0.2, -0.15) is 0 Å². The molecular weight excluding hydrogens is 269 g/mol. The maximum Gasteiger partial charge on any atom is 0.132 e. The Morgan fingerprint density at radius 1 is 0.944 bits per heavy atom. The van der Waals surface area contributed by atoms with Gasteiger partial charge in [-0.1, -0.05) is 29.3 Å². The van der Waals surface area contributed by atoms with Gasteiger partial charge in [0.05, 0.1) is 0 Å². The van der Waals surface area contributed by atoms with Crippen LogP contribution in [0.15, 0.2) is 42.5 Å². The molecule has 0 unspecified atom stereocenters. The maximum atomic E-state index is 5.98. The van der Waals surface area contributed by atoms with E-state index < -0.39 is 0 Å². The van der Waals surface area contributed by atoms with Crippen molar-refractivity contribution in [1.29, 1.82) is 0 Å². The van der Waals surface area contributed by atoms with Gasteiger partial charge in [-0.15, -0.1) is 0 Å². The molecule has 0 heterocycles. The molecule has 2 aromatic carbocycles. The van der Waals surface area contributed by atoms with E-state index in [0.29, 0.717) is 16.6 Å². The molecule has 2 aromatic rings. The Kier molecular flexibility index (Phi) is 4.48. The van der Waals surface area contributed by atoms with E-state index in [1.807, 2.05) is 24.3 Å². The Balaban J connectivity index is 2.26. The number of hydrogen-bond donors (Lipinski definition) is 1. The van der Waals surface area contributed by atoms with E-state index in [2.05, 4.69) is 0 Å². The monoisotopic (exact) mass is 281 g/mol. The van der Waals surface area contributed by atoms with E-state index in [0.717, 1.165) is 23.5 Å². The summed E-state index contributed by atoms with van der Waals surface area (Å²) in [4.78, 5) is 0. The number of nitrogens with two attached hydrogens (primary N) is 1. The van der Waals surface area contributed by atoms with Gasteiger partial charge in [-0.3, -0.25) is 0 Å². The molecule has 0 amide bonds. The molecule has 2 N–H and O–H groups in total. The third-order valence-corrected chi connectivity index (χ3v) is 2.97. The van der Waals surface area contributed by atoms with Crippen LogP contribution >= 0.6 is 23.2 Å². The standard InChI is InChI=1S/C14H13Cl2NO/c15-11-3-5-13(6-4-11)18-14-9-12(16)2-1-10(14)7-8-17/h1-6,9H,7-8,17H2. The summed E-state index contributed by atoms with van der Waals surface area (Å²) >= 11 is 11.8. The second kappa shape index (κ2) is 6.10. The quantitative estimate of drug-likeness (QED) is 0.908. The molecule has 0 aliphatic heterocycles. The van der Waals surface area contributed by atoms with Crippen molar-refractivity contribution in [3.8, 4) is 11.5 Å². The van der Waals surface area contributed by atoms with Crippen LogP contribution in [0.2, 0.25) is 10.0 Å². The first-order valence-electron chi connectivity index (χ1n) is 5.61. The third-order valence-electron chi connectivity index (χ3n) is 2.48. The molecule has 0 bridgehead atoms. The summed E-state index contributed by atoms with van der Waals surface area (Å²) in [6.45, 7) is 0.568. The van der Waals surface area contributed by atoms with Crippen LogP contribution in [0, 0.1) is 0 Å². The summed E-state index contributed by atoms with van der Waals surface area (Å²) in [6, 6.07) is 12.8. The molecule has 0 atom stereocenters. The van der Waals surface area contributed by atoms with Gasteiger partial charge >= 0.3 is 0 Å². The third kappa shape index (κ3) is 3.39. The molecule has 94 valence electrons. The fourth-order valence-corrected chi connectivity index (χ4v) is 1.90. The highest BCUT2D eigenvalue weighted by atomic mass is 35.5. The lowest BCUT2D eigenvalue weighted by atomic mass is 10.1. The molecule has 4 heteroatoms. The molecular formula is C14H13Cl2NO. The van der Waals surface area contributed by atoms with Crippen LogP contribution in [-0.4, -0.2) is 6.54 Å². The van der Waals surface area contributed by atoms with E-state index in [-0.39, 0.29) is 0 Å². The molecule has 0 aromatic heterocycles. The zero-order valence-electron chi connectivity index (χ0n) is 9.70. The predicted molar refractivity (Wildman–Crippen MR) is 75.7 cm³/mol. The lowest BCUT2D eigenvalue weighted by Crippen LogP contribution is -2.04. The topological polar surface area (TPSA) is 35.2 Å². The lowest BCUT2D eigenvalue weighted by Gasteiger charge is -2.11. The van der Waals surface area contributed by atoms with Gasteiger partial charge in [0, 0.05) is 10.0 Å². The van der Waals surface area contributed by atoms with Crippen LogP contribution < -0.4 is 10.5 Å². The molecule has 18 heavy (non-hydrogen) atoms. The second-order valence-corrected chi connectivity index (χ2v) is 4.72. The summed E-state index contributed by atoms with van der Waals surface area (Å²) in [7, 11) is 0. The largest absolute Gasteiger partial charge is 0.457 e. The van der Waals surface area contributed by atoms with Gasteiger partial charge in [0.15, 0.2) is 0 Å². The van der Waals surface area contributed by atoms with Gasteiger partial charge in [-0.25, -0.2) is 0 Å². The Labute approximate surface area is 116 Å². The highest BCUT2D eigenvalue weighted by Gasteiger charge is 2.05. The van der Waals surface area contributed by atoms with Gasteiger partial charge in [0.1, 0.15) is 11.5 Å². The van der Waals surface area contributed by atoms with Crippen molar-refractivity contribution in [3.63, 3.8) is 0 Å². The van der Waals surface area contributed by atoms with E-state index in [1.54, 1.807) is 18.2 Å². The number of rotatable bonds is 4. The summed E-state index contributed by atoms with van der Waals surface area (Å²) in [5, 5.41) is 1.32. The minimum absolute atomic E-state index is 0.568. The number of halogens is 2. The van der Waals surface area contributed by atoms with Crippen molar-refractivity contribution >= 4 is 23.2 Å². The van der Waals surface area contributed by atoms with E-state index in [4.69, 9.17) is 33.7 Å². The van der Waals surface area contributed by atoms with Crippen LogP contribution in [0.25, 0.3) is 0 Å². The Morgan fingerprint density at radius 2 is 1.61 bits per heavy atom. The Hall–Kier alpha value is -1.22. The molecule has 0 radical (unpaired) electrons. The minimum Gasteiger partial charge on any atom is -0.457 e. The first kappa shape index (κ1) is 13.2. The summed E-state index contributed by atoms with van der Waals surface area (Å²) < 4.78 is 5.80. The van der Waals surface area contributed by atoms with Crippen molar-refractivity contribution < 1.29 is 4.74 Å². The van der Waals surface area contributed by atoms with E-state index >= 15 is 0 Å². The molecule has 2 nitrogen and oxygen atoms in total. The van der Waals surface area contributed by atoms with Crippen molar-refractivity contribution in [2.75, 3.05) is 6.54 Å². The van der Waals surface area contributed by atoms with Crippen LogP contribution in [0.5, 0.6) is 11.5 Å². The Morgan fingerprint density at radius 3 is 2.28 bits per heavy atom. The van der Waals surface area contributed by atoms with Gasteiger partial charge < -0.3 is 10.5 Å². The SMILES string of the molecule is NCCc1ccc(Cl)cc1Oc1ccc(Cl)cc1. The van der Waals surface area contributed by atoms with Crippen molar-refractivity contribution in [2.24, 2.45) is 5.73 Å². The summed E-state index contributed by atoms with van der Waals surface area (Å²) in [5.74, 6) is 1.45. The lowest BCUT2D eigenvalue weighted by molar-refractivity contribution is 0.476. The summed E-state index contributed by atoms with van der Waals surface area (Å²) in [5.41, 5.74) is 6.61. The zero-order chi connectivity index (χ0) is 13.0. The van der Waals surface area contributed by atoms with Crippen LogP contribution in [0.3, 0.4) is 0 Å². The predicted octanol–water partition coefficient (Wildman–Crippen LogP) is 4.29. The fraction of sp³-hybridized carbons (Fsp3) is 0.143. The highest BCUT2D eigenvalue weighted by Crippen LogP contribution is 2.29. The first-order valence-corrected chi connectivity index (χ1v) is 6.36. The van der Waals surface area contributed by atoms with Crippen molar-refractivity contribution in [3.05, 3.63) is 58.1 Å². The van der Waals surface area contributed by atoms with Gasteiger partial charge in [0.25, 0.3) is 0 Å². The van der Waals surface area contributed by atoms with Crippen LogP contribution in [0.1, 0.15) is 5.56 Å². The molecule has 0 spiro atoms. The Bertz CT molecular complexity index is 526. The second-order valence-electron chi connectivity index (χ2n) is 3.85. The zero-order valence-corrected chi connectivity index (χ0v) is 11.2.